The monoisotopic (exact) mass is 1740 g/mol. The molecule has 0 saturated heterocycles. The molecule has 0 aliphatic heterocycles. The number of nitrogens with one attached hydrogen (secondary N) is 8. The summed E-state index contributed by atoms with van der Waals surface area (Å²) in [4.78, 5) is 109. The van der Waals surface area contributed by atoms with Gasteiger partial charge in [0.05, 0.1) is 63.4 Å². The van der Waals surface area contributed by atoms with Gasteiger partial charge in [0.1, 0.15) is 0 Å². The maximum atomic E-state index is 15.7. The Morgan fingerprint density at radius 2 is 0.723 bits per heavy atom. The molecule has 6 radical (unpaired) electrons. The van der Waals surface area contributed by atoms with Crippen molar-refractivity contribution in [3.05, 3.63) is 204 Å². The van der Waals surface area contributed by atoms with Gasteiger partial charge in [0.15, 0.2) is 0 Å². The number of aromatic nitrogens is 8. The van der Waals surface area contributed by atoms with Crippen LogP contribution in [0.5, 0.6) is 0 Å². The van der Waals surface area contributed by atoms with Crippen molar-refractivity contribution in [2.45, 2.75) is 18.8 Å². The van der Waals surface area contributed by atoms with Gasteiger partial charge in [0.25, 0.3) is 5.92 Å². The number of carbonyl (C=O) groups is 4. The van der Waals surface area contributed by atoms with Crippen molar-refractivity contribution < 1.29 is 206 Å². The number of nitrogens with zero attached hydrogens (tertiary/aromatic N) is 4. The van der Waals surface area contributed by atoms with Crippen molar-refractivity contribution >= 4 is 105 Å². The smallest absolute Gasteiger partial charge is 0.632 e. The van der Waals surface area contributed by atoms with Crippen molar-refractivity contribution in [2.75, 3.05) is 28.4 Å². The molecule has 2 aliphatic carbocycles. The molecule has 0 bridgehead atoms. The number of hydrogen-bond acceptors (Lipinski definition) is 16. The SMILES string of the molecule is COC([NH-])=O.COC([NH-])=O.COC([NH-])=O.COC([NH-])=O.[CH2-]c1cc(-c2ccc3c(c2)C(F)(F)c2cc(-c4cnc(P[C-]=O)[nH]4)ccc2-3)ccc1-c1[c-]nc(P[C-]=O)[nH]1.[CH2-]c1cc(-c2ccc3c(c2)CCc2cc(-c4cnc(P[C-]=O)[nH]4)ccc2-3)ccc1-c1[c-]nc(P[C-]=O)[nH]1.[V+2].[V+2].[V+2].[V+2].[Y].[Y]. The first kappa shape index (κ1) is 92.8. The van der Waals surface area contributed by atoms with Gasteiger partial charge in [-0.1, -0.05) is 102 Å². The van der Waals surface area contributed by atoms with Crippen LogP contribution in [0.1, 0.15) is 33.4 Å². The average molecular weight is 1740 g/mol. The first-order chi connectivity index (χ1) is 45.6. The number of benzene rings is 6. The number of amides is 4. The number of ether oxygens (including phenoxy) is 4. The van der Waals surface area contributed by atoms with Crippen LogP contribution in [0.25, 0.3) is 112 Å². The quantitative estimate of drug-likeness (QED) is 0.0446. The Balaban J connectivity index is 0.000000760. The number of methoxy groups -OCH3 is 4. The van der Waals surface area contributed by atoms with E-state index in [0.717, 1.165) is 91.6 Å². The van der Waals surface area contributed by atoms with Crippen molar-refractivity contribution in [1.82, 2.24) is 39.9 Å². The van der Waals surface area contributed by atoms with Crippen LogP contribution >= 0.6 is 34.3 Å². The van der Waals surface area contributed by atoms with Crippen LogP contribution in [0.3, 0.4) is 0 Å². The van der Waals surface area contributed by atoms with Gasteiger partial charge < -0.3 is 91.0 Å². The van der Waals surface area contributed by atoms with Gasteiger partial charge in [0, 0.05) is 82.1 Å². The second-order valence-corrected chi connectivity index (χ2v) is 23.1. The number of carbonyl (C=O) groups excluding carboxylic acids is 8. The summed E-state index contributed by atoms with van der Waals surface area (Å²) in [6.07, 6.45) is 7.04. The van der Waals surface area contributed by atoms with Crippen LogP contribution in [-0.2, 0) is 197 Å². The zero-order chi connectivity index (χ0) is 68.9. The van der Waals surface area contributed by atoms with Gasteiger partial charge in [-0.25, -0.2) is 51.2 Å². The minimum absolute atomic E-state index is 0. The van der Waals surface area contributed by atoms with E-state index < -0.39 is 30.3 Å². The molecule has 36 heteroatoms. The Hall–Kier alpha value is -6.21. The Kier molecular flexibility index (Phi) is 41.4. The molecule has 4 atom stereocenters. The molecule has 24 nitrogen and oxygen atoms in total. The normalized spacial score (nSPS) is 11.2. The Morgan fingerprint density at radius 3 is 1.06 bits per heavy atom. The summed E-state index contributed by atoms with van der Waals surface area (Å²) in [6.45, 7) is 8.34. The molecule has 508 valence electrons. The summed E-state index contributed by atoms with van der Waals surface area (Å²) in [6, 6.07) is 42.2. The third-order valence-corrected chi connectivity index (χ3v) is 16.2. The first-order valence-corrected chi connectivity index (χ1v) is 31.2. The van der Waals surface area contributed by atoms with E-state index in [1.807, 2.05) is 48.4 Å². The molecular formula is C65H52F2N12O12P4V4Y2-4. The van der Waals surface area contributed by atoms with Crippen LogP contribution in [0.15, 0.2) is 122 Å². The summed E-state index contributed by atoms with van der Waals surface area (Å²) in [5.74, 6) is -3.19. The van der Waals surface area contributed by atoms with Crippen LogP contribution in [-0.4, -0.2) is 117 Å². The second-order valence-electron chi connectivity index (χ2n) is 19.4. The molecule has 2 aliphatic rings. The first-order valence-electron chi connectivity index (χ1n) is 27.2. The fourth-order valence-electron chi connectivity index (χ4n) is 9.55. The van der Waals surface area contributed by atoms with Crippen molar-refractivity contribution in [1.29, 1.82) is 0 Å². The van der Waals surface area contributed by atoms with Crippen LogP contribution < -0.4 is 22.3 Å². The Labute approximate surface area is 684 Å². The fraction of sp³-hybridized carbons (Fsp3) is 0.108. The van der Waals surface area contributed by atoms with E-state index in [2.05, 4.69) is 134 Å². The summed E-state index contributed by atoms with van der Waals surface area (Å²) in [5.41, 5.74) is 43.3. The van der Waals surface area contributed by atoms with Crippen LogP contribution in [0.4, 0.5) is 28.0 Å². The maximum absolute atomic E-state index is 15.7. The number of fused-ring (bicyclic) bond motifs is 6. The molecule has 4 amide bonds. The van der Waals surface area contributed by atoms with Crippen molar-refractivity contribution in [2.24, 2.45) is 0 Å². The van der Waals surface area contributed by atoms with Gasteiger partial charge in [-0.2, -0.15) is 63.0 Å². The molecule has 6 aromatic carbocycles. The van der Waals surface area contributed by atoms with Gasteiger partial charge in [-0.05, 0) is 92.2 Å². The summed E-state index contributed by atoms with van der Waals surface area (Å²) in [7, 11) is 3.97. The summed E-state index contributed by atoms with van der Waals surface area (Å²) >= 11 is 0. The zero-order valence-corrected chi connectivity index (χ0v) is 68.5. The van der Waals surface area contributed by atoms with Crippen molar-refractivity contribution in [3.63, 3.8) is 0 Å². The van der Waals surface area contributed by atoms with E-state index in [0.29, 0.717) is 61.5 Å². The molecule has 0 fully saturated rings. The number of imidazole rings is 4. The van der Waals surface area contributed by atoms with E-state index in [1.165, 1.54) is 40.6 Å². The molecule has 4 heterocycles. The van der Waals surface area contributed by atoms with E-state index in [4.69, 9.17) is 22.9 Å². The van der Waals surface area contributed by atoms with E-state index in [1.54, 1.807) is 30.4 Å². The standard InChI is InChI=1S/C29H20N4O2P2.C28H16F2N4O2P2.4C2H5NO2.4V.2Y/c1-17-10-18(4-7-23(17)27-14-31-29(33-27)37-16-35)19-5-8-24-20(11-19)2-3-21-12-22(6-9-25(21)24)26-13-30-28(32-26)36-15-34;1-15-8-16(2-5-19(15)25-12-32-27(34-25)38-14-36)17-3-6-20-21-7-4-18(24-11-31-26(33-24)37-13-35)10-23(21)28(29,30)22(20)9-17;4*1-5-2(3)4;;;;;;/h4-13,36-37H,1-3H2,(H,30,32)(H,31,33);2-11,37-38H,1H2,(H,31,33)(H,32,34);4*1H3,(H2,3,4);;;;;;/q2*-4;;;;;4*+2;;/p-4. The zero-order valence-electron chi connectivity index (χ0n) is 53.3. The largest absolute Gasteiger partial charge is 2.00 e. The number of H-pyrrole nitrogens is 4. The average Bonchev–Trinajstić information content (AvgIpc) is 1.58. The molecule has 0 spiro atoms. The molecule has 8 N–H and O–H groups in total. The topological polar surface area (TPSA) is 383 Å². The van der Waals surface area contributed by atoms with Crippen LogP contribution in [0, 0.1) is 26.2 Å². The number of aromatic amines is 4. The van der Waals surface area contributed by atoms with Gasteiger partial charge in [-0.15, -0.1) is 23.3 Å². The van der Waals surface area contributed by atoms with E-state index in [9.17, 15) is 38.4 Å². The number of alkyl halides is 2. The molecule has 4 aromatic heterocycles. The molecule has 4 unspecified atom stereocenters. The summed E-state index contributed by atoms with van der Waals surface area (Å²) in [5, 5.41) is 0. The number of aryl methyl sites for hydroxylation is 2. The minimum atomic E-state index is -3.19. The predicted octanol–water partition coefficient (Wildman–Crippen LogP) is 12.8. The third-order valence-electron chi connectivity index (χ3n) is 13.8. The van der Waals surface area contributed by atoms with E-state index in [-0.39, 0.29) is 185 Å². The summed E-state index contributed by atoms with van der Waals surface area (Å²) < 4.78 is 46.6. The van der Waals surface area contributed by atoms with Gasteiger partial charge in [0.2, 0.25) is 24.4 Å². The number of rotatable bonds is 14. The fourth-order valence-corrected chi connectivity index (χ4v) is 11.2. The maximum Gasteiger partial charge on any atom is 2.00 e. The second kappa shape index (κ2) is 45.1. The Morgan fingerprint density at radius 1 is 0.446 bits per heavy atom. The Bertz CT molecular complexity index is 4420. The molecule has 0 saturated carbocycles. The van der Waals surface area contributed by atoms with Gasteiger partial charge in [-0.3, -0.25) is 19.2 Å². The molecular weight excluding hydrogens is 1680 g/mol. The molecule has 101 heavy (non-hydrogen) atoms. The number of hydrogen-bond donors (Lipinski definition) is 4. The van der Waals surface area contributed by atoms with Gasteiger partial charge >= 0.3 is 74.2 Å². The number of halogens is 2. The third kappa shape index (κ3) is 25.3. The van der Waals surface area contributed by atoms with Crippen molar-refractivity contribution in [3.8, 4) is 89.5 Å². The predicted molar refractivity (Wildman–Crippen MR) is 363 cm³/mol. The van der Waals surface area contributed by atoms with Crippen LogP contribution in [0.2, 0.25) is 0 Å². The van der Waals surface area contributed by atoms with E-state index >= 15 is 8.78 Å². The molecule has 10 aromatic rings. The molecule has 12 rings (SSSR count). The minimum Gasteiger partial charge on any atom is -0.632 e.